The van der Waals surface area contributed by atoms with Crippen molar-refractivity contribution < 1.29 is 18.0 Å². The summed E-state index contributed by atoms with van der Waals surface area (Å²) in [5.74, 6) is 0.386. The summed E-state index contributed by atoms with van der Waals surface area (Å²) < 4.78 is 41.9. The number of fused-ring (bicyclic) bond motifs is 1. The van der Waals surface area contributed by atoms with Gasteiger partial charge in [-0.3, -0.25) is 13.9 Å². The molecule has 0 saturated heterocycles. The molecule has 154 valence electrons. The molecule has 0 aliphatic heterocycles. The summed E-state index contributed by atoms with van der Waals surface area (Å²) in [5, 5.41) is 10.4. The van der Waals surface area contributed by atoms with Gasteiger partial charge in [-0.2, -0.15) is 18.3 Å². The molecule has 1 amide bonds. The van der Waals surface area contributed by atoms with Crippen LogP contribution in [0.2, 0.25) is 0 Å². The molecule has 0 spiro atoms. The van der Waals surface area contributed by atoms with E-state index in [0.29, 0.717) is 11.5 Å². The fourth-order valence-electron chi connectivity index (χ4n) is 3.65. The van der Waals surface area contributed by atoms with Crippen LogP contribution >= 0.6 is 0 Å². The Hall–Kier alpha value is -3.04. The topological polar surface area (TPSA) is 76.2 Å². The van der Waals surface area contributed by atoms with Crippen LogP contribution in [0.25, 0.3) is 5.65 Å². The predicted octanol–water partition coefficient (Wildman–Crippen LogP) is 3.24. The lowest BCUT2D eigenvalue weighted by atomic mass is 9.91. The molecule has 2 N–H and O–H groups in total. The maximum absolute atomic E-state index is 13.0. The zero-order valence-corrected chi connectivity index (χ0v) is 15.8. The monoisotopic (exact) mass is 406 g/mol. The van der Waals surface area contributed by atoms with Gasteiger partial charge in [0, 0.05) is 31.5 Å². The Labute approximate surface area is 164 Å². The summed E-state index contributed by atoms with van der Waals surface area (Å²) in [7, 11) is 1.76. The number of anilines is 1. The van der Waals surface area contributed by atoms with E-state index in [2.05, 4.69) is 20.7 Å². The Morgan fingerprint density at radius 1 is 1.14 bits per heavy atom. The van der Waals surface area contributed by atoms with Crippen LogP contribution in [0.3, 0.4) is 0 Å². The molecule has 0 radical (unpaired) electrons. The SMILES string of the molecule is Cn1ccc(C(=O)NC2CCC(Nc3cccc4nc(C(F)(F)F)cn34)CC2)n1. The van der Waals surface area contributed by atoms with Gasteiger partial charge in [-0.25, -0.2) is 4.98 Å². The van der Waals surface area contributed by atoms with Gasteiger partial charge in [0.15, 0.2) is 5.69 Å². The van der Waals surface area contributed by atoms with Gasteiger partial charge in [0.2, 0.25) is 0 Å². The smallest absolute Gasteiger partial charge is 0.368 e. The second-order valence-electron chi connectivity index (χ2n) is 7.30. The van der Waals surface area contributed by atoms with E-state index >= 15 is 0 Å². The molecule has 4 rings (SSSR count). The molecule has 7 nitrogen and oxygen atoms in total. The van der Waals surface area contributed by atoms with Crippen LogP contribution in [0.4, 0.5) is 19.0 Å². The van der Waals surface area contributed by atoms with Crippen molar-refractivity contribution >= 4 is 17.4 Å². The number of imidazole rings is 1. The summed E-state index contributed by atoms with van der Waals surface area (Å²) in [5.41, 5.74) is -0.272. The lowest BCUT2D eigenvalue weighted by Gasteiger charge is -2.30. The first-order chi connectivity index (χ1) is 13.8. The molecule has 1 saturated carbocycles. The number of hydrogen-bond acceptors (Lipinski definition) is 4. The fraction of sp³-hybridized carbons (Fsp3) is 0.421. The first kappa shape index (κ1) is 19.3. The zero-order chi connectivity index (χ0) is 20.6. The largest absolute Gasteiger partial charge is 0.434 e. The molecule has 3 aromatic heterocycles. The Kier molecular flexibility index (Phi) is 4.93. The lowest BCUT2D eigenvalue weighted by molar-refractivity contribution is -0.140. The first-order valence-corrected chi connectivity index (χ1v) is 9.42. The average Bonchev–Trinajstić information content (AvgIpc) is 3.30. The summed E-state index contributed by atoms with van der Waals surface area (Å²) in [6.45, 7) is 0. The van der Waals surface area contributed by atoms with E-state index in [1.807, 2.05) is 0 Å². The number of aryl methyl sites for hydroxylation is 1. The number of nitrogens with zero attached hydrogens (tertiary/aromatic N) is 4. The van der Waals surface area contributed by atoms with Crippen molar-refractivity contribution in [3.05, 3.63) is 48.0 Å². The summed E-state index contributed by atoms with van der Waals surface area (Å²) in [6.07, 6.45) is 1.41. The quantitative estimate of drug-likeness (QED) is 0.698. The number of hydrogen-bond donors (Lipinski definition) is 2. The molecule has 1 fully saturated rings. The van der Waals surface area contributed by atoms with Gasteiger partial charge in [-0.1, -0.05) is 6.07 Å². The molecule has 10 heteroatoms. The first-order valence-electron chi connectivity index (χ1n) is 9.42. The number of carbonyl (C=O) groups excluding carboxylic acids is 1. The molecule has 1 aliphatic carbocycles. The zero-order valence-electron chi connectivity index (χ0n) is 15.8. The van der Waals surface area contributed by atoms with E-state index < -0.39 is 11.9 Å². The summed E-state index contributed by atoms with van der Waals surface area (Å²) in [4.78, 5) is 15.9. The van der Waals surface area contributed by atoms with Gasteiger partial charge < -0.3 is 10.6 Å². The molecule has 3 heterocycles. The van der Waals surface area contributed by atoms with Crippen molar-refractivity contribution in [3.8, 4) is 0 Å². The second-order valence-corrected chi connectivity index (χ2v) is 7.30. The molecule has 0 atom stereocenters. The minimum absolute atomic E-state index is 0.0587. The van der Waals surface area contributed by atoms with Crippen LogP contribution in [0.1, 0.15) is 41.9 Å². The van der Waals surface area contributed by atoms with Gasteiger partial charge in [0.1, 0.15) is 17.2 Å². The third-order valence-electron chi connectivity index (χ3n) is 5.14. The maximum atomic E-state index is 13.0. The van der Waals surface area contributed by atoms with Gasteiger partial charge in [-0.05, 0) is 43.9 Å². The van der Waals surface area contributed by atoms with Gasteiger partial charge in [0.25, 0.3) is 5.91 Å². The van der Waals surface area contributed by atoms with E-state index in [-0.39, 0.29) is 23.6 Å². The minimum Gasteiger partial charge on any atom is -0.368 e. The second kappa shape index (κ2) is 7.41. The molecular formula is C19H21F3N6O. The number of alkyl halides is 3. The molecular weight excluding hydrogens is 385 g/mol. The molecule has 3 aromatic rings. The molecule has 29 heavy (non-hydrogen) atoms. The third kappa shape index (κ3) is 4.20. The number of amides is 1. The van der Waals surface area contributed by atoms with Crippen molar-refractivity contribution in [2.24, 2.45) is 7.05 Å². The summed E-state index contributed by atoms with van der Waals surface area (Å²) in [6, 6.07) is 6.81. The van der Waals surface area contributed by atoms with Gasteiger partial charge >= 0.3 is 6.18 Å². The number of nitrogens with one attached hydrogen (secondary N) is 2. The third-order valence-corrected chi connectivity index (χ3v) is 5.14. The van der Waals surface area contributed by atoms with Crippen molar-refractivity contribution in [1.82, 2.24) is 24.5 Å². The number of carbonyl (C=O) groups is 1. The highest BCUT2D eigenvalue weighted by atomic mass is 19.4. The fourth-order valence-corrected chi connectivity index (χ4v) is 3.65. The van der Waals surface area contributed by atoms with Crippen molar-refractivity contribution in [2.45, 2.75) is 43.9 Å². The highest BCUT2D eigenvalue weighted by Crippen LogP contribution is 2.30. The average molecular weight is 406 g/mol. The number of halogens is 3. The molecule has 0 aromatic carbocycles. The standard InChI is InChI=1S/C19H21F3N6O/c1-27-10-9-14(26-27)18(29)24-13-7-5-12(6-8-13)23-16-3-2-4-17-25-15(11-28(16)17)19(20,21)22/h2-4,9-13,23H,5-8H2,1H3,(H,24,29). The Morgan fingerprint density at radius 2 is 1.86 bits per heavy atom. The van der Waals surface area contributed by atoms with Crippen LogP contribution in [0.15, 0.2) is 36.7 Å². The van der Waals surface area contributed by atoms with Gasteiger partial charge in [-0.15, -0.1) is 0 Å². The van der Waals surface area contributed by atoms with E-state index in [9.17, 15) is 18.0 Å². The molecule has 0 unspecified atom stereocenters. The highest BCUT2D eigenvalue weighted by molar-refractivity contribution is 5.92. The van der Waals surface area contributed by atoms with Crippen LogP contribution in [0.5, 0.6) is 0 Å². The number of pyridine rings is 1. The lowest BCUT2D eigenvalue weighted by Crippen LogP contribution is -2.40. The van der Waals surface area contributed by atoms with Crippen LogP contribution in [-0.4, -0.2) is 37.2 Å². The van der Waals surface area contributed by atoms with Crippen molar-refractivity contribution in [2.75, 3.05) is 5.32 Å². The van der Waals surface area contributed by atoms with E-state index in [0.717, 1.165) is 31.9 Å². The van der Waals surface area contributed by atoms with E-state index in [1.165, 1.54) is 4.40 Å². The van der Waals surface area contributed by atoms with Crippen LogP contribution < -0.4 is 10.6 Å². The molecule has 1 aliphatic rings. The van der Waals surface area contributed by atoms with E-state index in [1.54, 1.807) is 42.2 Å². The van der Waals surface area contributed by atoms with Crippen LogP contribution in [0, 0.1) is 0 Å². The summed E-state index contributed by atoms with van der Waals surface area (Å²) >= 11 is 0. The van der Waals surface area contributed by atoms with Crippen molar-refractivity contribution in [3.63, 3.8) is 0 Å². The Bertz CT molecular complexity index is 1020. The minimum atomic E-state index is -4.48. The van der Waals surface area contributed by atoms with Crippen molar-refractivity contribution in [1.29, 1.82) is 0 Å². The Morgan fingerprint density at radius 3 is 2.52 bits per heavy atom. The molecule has 0 bridgehead atoms. The number of aromatic nitrogens is 4. The normalized spacial score (nSPS) is 20.0. The number of rotatable bonds is 4. The predicted molar refractivity (Wildman–Crippen MR) is 101 cm³/mol. The highest BCUT2D eigenvalue weighted by Gasteiger charge is 2.34. The Balaban J connectivity index is 1.37. The maximum Gasteiger partial charge on any atom is 0.434 e. The van der Waals surface area contributed by atoms with Crippen LogP contribution in [-0.2, 0) is 13.2 Å². The van der Waals surface area contributed by atoms with Gasteiger partial charge in [0.05, 0.1) is 0 Å². The van der Waals surface area contributed by atoms with E-state index in [4.69, 9.17) is 0 Å².